The van der Waals surface area contributed by atoms with Gasteiger partial charge in [-0.3, -0.25) is 10.1 Å². The van der Waals surface area contributed by atoms with Gasteiger partial charge in [-0.15, -0.1) is 0 Å². The monoisotopic (exact) mass is 291 g/mol. The van der Waals surface area contributed by atoms with Gasteiger partial charge in [0.15, 0.2) is 11.6 Å². The number of ether oxygens (including phenoxy) is 1. The van der Waals surface area contributed by atoms with Gasteiger partial charge in [0.1, 0.15) is 0 Å². The number of para-hydroxylation sites is 1. The molecule has 0 aliphatic carbocycles. The lowest BCUT2D eigenvalue weighted by atomic mass is 10.00. The van der Waals surface area contributed by atoms with E-state index in [1.807, 2.05) is 0 Å². The lowest BCUT2D eigenvalue weighted by Gasteiger charge is -2.13. The molecule has 21 heavy (non-hydrogen) atoms. The highest BCUT2D eigenvalue weighted by Crippen LogP contribution is 2.27. The Kier molecular flexibility index (Phi) is 4.49. The summed E-state index contributed by atoms with van der Waals surface area (Å²) >= 11 is 0. The summed E-state index contributed by atoms with van der Waals surface area (Å²) in [6.45, 7) is 0. The minimum Gasteiger partial charge on any atom is -0.494 e. The molecule has 0 aromatic heterocycles. The molecular formula is C15H14FNO4. The number of aliphatic hydroxyl groups is 1. The lowest BCUT2D eigenvalue weighted by Crippen LogP contribution is -2.05. The van der Waals surface area contributed by atoms with E-state index in [1.165, 1.54) is 31.4 Å². The lowest BCUT2D eigenvalue weighted by molar-refractivity contribution is -0.385. The van der Waals surface area contributed by atoms with Crippen LogP contribution in [0.3, 0.4) is 0 Å². The summed E-state index contributed by atoms with van der Waals surface area (Å²) in [5, 5.41) is 21.1. The Balaban J connectivity index is 2.26. The van der Waals surface area contributed by atoms with Crippen LogP contribution in [0.5, 0.6) is 5.75 Å². The summed E-state index contributed by atoms with van der Waals surface area (Å²) < 4.78 is 18.2. The molecule has 0 spiro atoms. The molecular weight excluding hydrogens is 277 g/mol. The summed E-state index contributed by atoms with van der Waals surface area (Å²) in [6, 6.07) is 10.2. The molecule has 1 N–H and O–H groups in total. The first-order valence-corrected chi connectivity index (χ1v) is 6.26. The van der Waals surface area contributed by atoms with Gasteiger partial charge in [-0.25, -0.2) is 4.39 Å². The highest BCUT2D eigenvalue weighted by Gasteiger charge is 2.18. The molecule has 0 bridgehead atoms. The summed E-state index contributed by atoms with van der Waals surface area (Å²) in [5.74, 6) is -0.506. The fourth-order valence-corrected chi connectivity index (χ4v) is 2.07. The molecule has 0 amide bonds. The maximum Gasteiger partial charge on any atom is 0.272 e. The van der Waals surface area contributed by atoms with E-state index in [0.717, 1.165) is 0 Å². The van der Waals surface area contributed by atoms with Crippen molar-refractivity contribution >= 4 is 5.69 Å². The molecule has 2 aromatic carbocycles. The molecule has 1 atom stereocenters. The second-order valence-corrected chi connectivity index (χ2v) is 4.50. The van der Waals surface area contributed by atoms with Crippen molar-refractivity contribution in [3.8, 4) is 5.75 Å². The molecule has 110 valence electrons. The zero-order valence-electron chi connectivity index (χ0n) is 11.3. The molecule has 2 rings (SSSR count). The second kappa shape index (κ2) is 6.32. The molecule has 1 unspecified atom stereocenters. The van der Waals surface area contributed by atoms with Gasteiger partial charge < -0.3 is 9.84 Å². The van der Waals surface area contributed by atoms with Crippen LogP contribution < -0.4 is 4.74 Å². The van der Waals surface area contributed by atoms with E-state index in [4.69, 9.17) is 4.74 Å². The van der Waals surface area contributed by atoms with E-state index < -0.39 is 16.8 Å². The number of nitrogens with zero attached hydrogens (tertiary/aromatic N) is 1. The highest BCUT2D eigenvalue weighted by molar-refractivity contribution is 5.41. The number of benzene rings is 2. The standard InChI is InChI=1S/C15H14FNO4/c1-21-15-9-11(6-7-12(15)16)14(18)8-10-4-2-3-5-13(10)17(19)20/h2-7,9,14,18H,8H2,1H3. The van der Waals surface area contributed by atoms with Crippen LogP contribution in [0.4, 0.5) is 10.1 Å². The van der Waals surface area contributed by atoms with Crippen molar-refractivity contribution in [3.05, 3.63) is 69.5 Å². The number of aliphatic hydroxyl groups excluding tert-OH is 1. The van der Waals surface area contributed by atoms with E-state index >= 15 is 0 Å². The van der Waals surface area contributed by atoms with Gasteiger partial charge in [-0.05, 0) is 17.7 Å². The number of methoxy groups -OCH3 is 1. The zero-order chi connectivity index (χ0) is 15.4. The number of nitro benzene ring substituents is 1. The molecule has 0 aliphatic heterocycles. The van der Waals surface area contributed by atoms with Crippen molar-refractivity contribution in [2.24, 2.45) is 0 Å². The van der Waals surface area contributed by atoms with Gasteiger partial charge >= 0.3 is 0 Å². The first-order chi connectivity index (χ1) is 10.0. The maximum atomic E-state index is 13.3. The molecule has 0 saturated carbocycles. The molecule has 0 fully saturated rings. The highest BCUT2D eigenvalue weighted by atomic mass is 19.1. The zero-order valence-corrected chi connectivity index (χ0v) is 11.3. The van der Waals surface area contributed by atoms with Crippen LogP contribution in [-0.4, -0.2) is 17.1 Å². The van der Waals surface area contributed by atoms with Crippen LogP contribution in [0.15, 0.2) is 42.5 Å². The van der Waals surface area contributed by atoms with Crippen LogP contribution in [0.2, 0.25) is 0 Å². The summed E-state index contributed by atoms with van der Waals surface area (Å²) in [5.41, 5.74) is 0.801. The van der Waals surface area contributed by atoms with E-state index in [9.17, 15) is 19.6 Å². The van der Waals surface area contributed by atoms with Crippen LogP contribution >= 0.6 is 0 Å². The molecule has 6 heteroatoms. The van der Waals surface area contributed by atoms with Crippen molar-refractivity contribution in [2.45, 2.75) is 12.5 Å². The fraction of sp³-hybridized carbons (Fsp3) is 0.200. The van der Waals surface area contributed by atoms with Crippen LogP contribution in [-0.2, 0) is 6.42 Å². The molecule has 0 saturated heterocycles. The average molecular weight is 291 g/mol. The summed E-state index contributed by atoms with van der Waals surface area (Å²) in [7, 11) is 1.33. The van der Waals surface area contributed by atoms with Gasteiger partial charge in [0.25, 0.3) is 5.69 Å². The van der Waals surface area contributed by atoms with Crippen LogP contribution in [0.25, 0.3) is 0 Å². The van der Waals surface area contributed by atoms with E-state index in [1.54, 1.807) is 18.2 Å². The van der Waals surface area contributed by atoms with Crippen molar-refractivity contribution < 1.29 is 19.2 Å². The quantitative estimate of drug-likeness (QED) is 0.679. The predicted molar refractivity (Wildman–Crippen MR) is 74.7 cm³/mol. The molecule has 0 heterocycles. The number of rotatable bonds is 5. The van der Waals surface area contributed by atoms with Crippen molar-refractivity contribution in [1.82, 2.24) is 0 Å². The molecule has 0 radical (unpaired) electrons. The third-order valence-electron chi connectivity index (χ3n) is 3.16. The Bertz CT molecular complexity index is 660. The van der Waals surface area contributed by atoms with Crippen molar-refractivity contribution in [3.63, 3.8) is 0 Å². The molecule has 2 aromatic rings. The van der Waals surface area contributed by atoms with Gasteiger partial charge in [0.05, 0.1) is 18.1 Å². The molecule has 5 nitrogen and oxygen atoms in total. The topological polar surface area (TPSA) is 72.6 Å². The summed E-state index contributed by atoms with van der Waals surface area (Å²) in [4.78, 5) is 10.4. The van der Waals surface area contributed by atoms with Gasteiger partial charge in [0.2, 0.25) is 0 Å². The fourth-order valence-electron chi connectivity index (χ4n) is 2.07. The Morgan fingerprint density at radius 3 is 2.71 bits per heavy atom. The van der Waals surface area contributed by atoms with Gasteiger partial charge in [0, 0.05) is 18.1 Å². The minimum atomic E-state index is -0.986. The number of hydrogen-bond acceptors (Lipinski definition) is 4. The van der Waals surface area contributed by atoms with Gasteiger partial charge in [-0.2, -0.15) is 0 Å². The Hall–Kier alpha value is -2.47. The molecule has 0 aliphatic rings. The maximum absolute atomic E-state index is 13.3. The first kappa shape index (κ1) is 14.9. The van der Waals surface area contributed by atoms with Crippen molar-refractivity contribution in [2.75, 3.05) is 7.11 Å². The van der Waals surface area contributed by atoms with E-state index in [0.29, 0.717) is 11.1 Å². The van der Waals surface area contributed by atoms with Gasteiger partial charge in [-0.1, -0.05) is 24.3 Å². The van der Waals surface area contributed by atoms with Crippen molar-refractivity contribution in [1.29, 1.82) is 0 Å². The third-order valence-corrected chi connectivity index (χ3v) is 3.16. The predicted octanol–water partition coefficient (Wildman–Crippen LogP) is 3.02. The van der Waals surface area contributed by atoms with E-state index in [-0.39, 0.29) is 17.9 Å². The summed E-state index contributed by atoms with van der Waals surface area (Å²) in [6.07, 6.45) is -0.924. The first-order valence-electron chi connectivity index (χ1n) is 6.26. The SMILES string of the molecule is COc1cc(C(O)Cc2ccccc2[N+](=O)[O-])ccc1F. The Labute approximate surface area is 120 Å². The van der Waals surface area contributed by atoms with Crippen LogP contribution in [0.1, 0.15) is 17.2 Å². The minimum absolute atomic E-state index is 0.0223. The smallest absolute Gasteiger partial charge is 0.272 e. The number of nitro groups is 1. The third kappa shape index (κ3) is 3.35. The van der Waals surface area contributed by atoms with E-state index in [2.05, 4.69) is 0 Å². The average Bonchev–Trinajstić information content (AvgIpc) is 2.48. The second-order valence-electron chi connectivity index (χ2n) is 4.50. The Morgan fingerprint density at radius 2 is 2.05 bits per heavy atom. The van der Waals surface area contributed by atoms with Crippen LogP contribution in [0, 0.1) is 15.9 Å². The Morgan fingerprint density at radius 1 is 1.33 bits per heavy atom. The normalized spacial score (nSPS) is 12.0. The number of hydrogen-bond donors (Lipinski definition) is 1. The number of halogens is 1. The largest absolute Gasteiger partial charge is 0.494 e.